The van der Waals surface area contributed by atoms with Crippen LogP contribution in [-0.2, 0) is 23.1 Å². The summed E-state index contributed by atoms with van der Waals surface area (Å²) >= 11 is 5.89. The Morgan fingerprint density at radius 3 is 2.55 bits per heavy atom. The molecule has 7 nitrogen and oxygen atoms in total. The third-order valence-electron chi connectivity index (χ3n) is 4.45. The van der Waals surface area contributed by atoms with E-state index in [1.807, 2.05) is 42.9 Å². The van der Waals surface area contributed by atoms with E-state index in [2.05, 4.69) is 16.2 Å². The fraction of sp³-hybridized carbons (Fsp3) is 0.500. The van der Waals surface area contributed by atoms with Crippen LogP contribution in [0.4, 0.5) is 13.2 Å². The summed E-state index contributed by atoms with van der Waals surface area (Å²) < 4.78 is 45.1. The van der Waals surface area contributed by atoms with Gasteiger partial charge in [0.1, 0.15) is 12.4 Å². The predicted molar refractivity (Wildman–Crippen MR) is 108 cm³/mol. The summed E-state index contributed by atoms with van der Waals surface area (Å²) in [6.45, 7) is 6.87. The number of aromatic nitrogens is 2. The normalized spacial score (nSPS) is 16.3. The molecule has 1 N–H and O–H groups in total. The molecule has 0 fully saturated rings. The first-order valence-corrected chi connectivity index (χ1v) is 9.99. The molecule has 1 atom stereocenters. The maximum atomic E-state index is 10.6. The molecule has 1 unspecified atom stereocenters. The molecule has 1 aliphatic rings. The van der Waals surface area contributed by atoms with Crippen molar-refractivity contribution in [2.45, 2.75) is 25.6 Å². The van der Waals surface area contributed by atoms with Crippen molar-refractivity contribution in [3.8, 4) is 5.75 Å². The van der Waals surface area contributed by atoms with Gasteiger partial charge >= 0.3 is 12.1 Å². The highest BCUT2D eigenvalue weighted by Crippen LogP contribution is 2.27. The van der Waals surface area contributed by atoms with Crippen LogP contribution in [0.5, 0.6) is 5.75 Å². The van der Waals surface area contributed by atoms with Crippen LogP contribution in [0.2, 0.25) is 5.02 Å². The molecule has 172 valence electrons. The molecule has 1 aromatic carbocycles. The highest BCUT2D eigenvalue weighted by molar-refractivity contribution is 6.30. The van der Waals surface area contributed by atoms with Gasteiger partial charge in [0.25, 0.3) is 0 Å². The molecule has 2 aromatic rings. The zero-order valence-corrected chi connectivity index (χ0v) is 18.0. The van der Waals surface area contributed by atoms with Crippen LogP contribution in [0.1, 0.15) is 24.1 Å². The van der Waals surface area contributed by atoms with Crippen LogP contribution < -0.4 is 4.74 Å². The van der Waals surface area contributed by atoms with Crippen LogP contribution in [0.15, 0.2) is 30.5 Å². The molecule has 1 aliphatic heterocycles. The molecule has 31 heavy (non-hydrogen) atoms. The summed E-state index contributed by atoms with van der Waals surface area (Å²) in [4.78, 5) is 11.3. The molecule has 0 saturated heterocycles. The maximum absolute atomic E-state index is 10.6. The molecule has 0 bridgehead atoms. The van der Waals surface area contributed by atoms with Gasteiger partial charge in [-0.3, -0.25) is 9.58 Å². The number of hydrogen-bond donors (Lipinski definition) is 1. The highest BCUT2D eigenvalue weighted by atomic mass is 35.5. The summed E-state index contributed by atoms with van der Waals surface area (Å²) in [6.07, 6.45) is -2.97. The van der Waals surface area contributed by atoms with Gasteiger partial charge in [0.2, 0.25) is 0 Å². The number of carbonyl (C=O) groups is 1. The fourth-order valence-corrected chi connectivity index (χ4v) is 3.24. The van der Waals surface area contributed by atoms with Crippen molar-refractivity contribution in [1.29, 1.82) is 0 Å². The van der Waals surface area contributed by atoms with Gasteiger partial charge in [-0.05, 0) is 31.2 Å². The van der Waals surface area contributed by atoms with Gasteiger partial charge in [0, 0.05) is 56.0 Å². The van der Waals surface area contributed by atoms with Gasteiger partial charge in [0.15, 0.2) is 0 Å². The van der Waals surface area contributed by atoms with Crippen molar-refractivity contribution in [1.82, 2.24) is 14.7 Å². The Labute approximate surface area is 183 Å². The first kappa shape index (κ1) is 25.0. The SMILES string of the molecule is CCOCC1CN(CCOc2ccc(Cl)cc2)Cc2cn(C)nc21.O=C(O)C(F)(F)F. The lowest BCUT2D eigenvalue weighted by Gasteiger charge is -2.31. The minimum absolute atomic E-state index is 0.324. The highest BCUT2D eigenvalue weighted by Gasteiger charge is 2.38. The lowest BCUT2D eigenvalue weighted by molar-refractivity contribution is -0.192. The van der Waals surface area contributed by atoms with E-state index in [0.717, 1.165) is 43.6 Å². The minimum Gasteiger partial charge on any atom is -0.492 e. The van der Waals surface area contributed by atoms with E-state index < -0.39 is 12.1 Å². The monoisotopic (exact) mass is 463 g/mol. The Balaban J connectivity index is 0.000000423. The molecule has 0 aliphatic carbocycles. The van der Waals surface area contributed by atoms with Gasteiger partial charge in [-0.1, -0.05) is 11.6 Å². The third-order valence-corrected chi connectivity index (χ3v) is 4.70. The largest absolute Gasteiger partial charge is 0.492 e. The zero-order chi connectivity index (χ0) is 23.0. The van der Waals surface area contributed by atoms with Crippen LogP contribution in [0.25, 0.3) is 0 Å². The van der Waals surface area contributed by atoms with Crippen molar-refractivity contribution in [3.05, 3.63) is 46.7 Å². The van der Waals surface area contributed by atoms with Crippen molar-refractivity contribution in [3.63, 3.8) is 0 Å². The number of ether oxygens (including phenoxy) is 2. The smallest absolute Gasteiger partial charge is 0.490 e. The number of hydrogen-bond acceptors (Lipinski definition) is 5. The number of carboxylic acids is 1. The number of alkyl halides is 3. The van der Waals surface area contributed by atoms with E-state index in [1.165, 1.54) is 11.3 Å². The average Bonchev–Trinajstić information content (AvgIpc) is 3.07. The second-order valence-electron chi connectivity index (χ2n) is 6.91. The van der Waals surface area contributed by atoms with Crippen molar-refractivity contribution in [2.75, 3.05) is 32.9 Å². The molecular weight excluding hydrogens is 439 g/mol. The number of aryl methyl sites for hydroxylation is 1. The van der Waals surface area contributed by atoms with E-state index >= 15 is 0 Å². The predicted octanol–water partition coefficient (Wildman–Crippen LogP) is 3.72. The summed E-state index contributed by atoms with van der Waals surface area (Å²) in [6, 6.07) is 7.49. The zero-order valence-electron chi connectivity index (χ0n) is 17.2. The lowest BCUT2D eigenvalue weighted by atomic mass is 9.97. The van der Waals surface area contributed by atoms with E-state index in [1.54, 1.807) is 0 Å². The fourth-order valence-electron chi connectivity index (χ4n) is 3.11. The number of fused-ring (bicyclic) bond motifs is 1. The third kappa shape index (κ3) is 8.04. The van der Waals surface area contributed by atoms with E-state index in [4.69, 9.17) is 31.0 Å². The molecule has 1 aromatic heterocycles. The first-order valence-electron chi connectivity index (χ1n) is 9.61. The first-order chi connectivity index (χ1) is 14.6. The van der Waals surface area contributed by atoms with Crippen molar-refractivity contribution >= 4 is 17.6 Å². The van der Waals surface area contributed by atoms with E-state index in [-0.39, 0.29) is 0 Å². The van der Waals surface area contributed by atoms with Gasteiger partial charge < -0.3 is 14.6 Å². The molecular formula is C20H25ClF3N3O4. The van der Waals surface area contributed by atoms with Crippen molar-refractivity contribution < 1.29 is 32.5 Å². The van der Waals surface area contributed by atoms with Crippen LogP contribution in [-0.4, -0.2) is 64.8 Å². The number of benzene rings is 1. The number of rotatable bonds is 7. The van der Waals surface area contributed by atoms with Crippen LogP contribution in [0, 0.1) is 0 Å². The van der Waals surface area contributed by atoms with Gasteiger partial charge in [0.05, 0.1) is 12.3 Å². The Bertz CT molecular complexity index is 843. The van der Waals surface area contributed by atoms with Gasteiger partial charge in [-0.2, -0.15) is 18.3 Å². The summed E-state index contributed by atoms with van der Waals surface area (Å²) in [5.74, 6) is -1.58. The second kappa shape index (κ2) is 11.4. The molecule has 0 saturated carbocycles. The Morgan fingerprint density at radius 2 is 1.97 bits per heavy atom. The quantitative estimate of drug-likeness (QED) is 0.674. The Hall–Kier alpha value is -2.30. The minimum atomic E-state index is -5.08. The standard InChI is InChI=1S/C18H24ClN3O2.C2HF3O2/c1-3-23-13-15-12-22(11-14-10-21(2)20-18(14)15)8-9-24-17-6-4-16(19)5-7-17;3-2(4,5)1(6)7/h4-7,10,15H,3,8-9,11-13H2,1-2H3;(H,6,7). The molecule has 0 radical (unpaired) electrons. The van der Waals surface area contributed by atoms with Gasteiger partial charge in [-0.25, -0.2) is 4.79 Å². The number of aliphatic carboxylic acids is 1. The molecule has 2 heterocycles. The van der Waals surface area contributed by atoms with Crippen LogP contribution in [0.3, 0.4) is 0 Å². The lowest BCUT2D eigenvalue weighted by Crippen LogP contribution is -2.37. The number of carboxylic acid groups (broad SMARTS) is 1. The molecule has 0 spiro atoms. The number of halogens is 4. The Kier molecular flexibility index (Phi) is 9.15. The second-order valence-corrected chi connectivity index (χ2v) is 7.35. The Morgan fingerprint density at radius 1 is 1.32 bits per heavy atom. The van der Waals surface area contributed by atoms with Crippen molar-refractivity contribution in [2.24, 2.45) is 7.05 Å². The molecule has 0 amide bonds. The summed E-state index contributed by atoms with van der Waals surface area (Å²) in [7, 11) is 1.98. The summed E-state index contributed by atoms with van der Waals surface area (Å²) in [5.41, 5.74) is 2.47. The van der Waals surface area contributed by atoms with Crippen LogP contribution >= 0.6 is 11.6 Å². The summed E-state index contributed by atoms with van der Waals surface area (Å²) in [5, 5.41) is 12.5. The van der Waals surface area contributed by atoms with Gasteiger partial charge in [-0.15, -0.1) is 0 Å². The number of nitrogens with zero attached hydrogens (tertiary/aromatic N) is 3. The average molecular weight is 464 g/mol. The van der Waals surface area contributed by atoms with E-state index in [0.29, 0.717) is 12.5 Å². The topological polar surface area (TPSA) is 76.8 Å². The molecule has 3 rings (SSSR count). The molecule has 11 heteroatoms. The van der Waals surface area contributed by atoms with E-state index in [9.17, 15) is 13.2 Å². The maximum Gasteiger partial charge on any atom is 0.490 e.